The number of rotatable bonds is 6. The number of carbonyl (C=O) groups excluding carboxylic acids is 1. The first-order valence-corrected chi connectivity index (χ1v) is 9.60. The Bertz CT molecular complexity index is 921. The van der Waals surface area contributed by atoms with Gasteiger partial charge in [-0.3, -0.25) is 4.79 Å². The van der Waals surface area contributed by atoms with E-state index < -0.39 is 0 Å². The van der Waals surface area contributed by atoms with Gasteiger partial charge in [0.2, 0.25) is 5.91 Å². The minimum absolute atomic E-state index is 0.202. The number of methoxy groups -OCH3 is 1. The molecule has 0 N–H and O–H groups in total. The molecule has 0 bridgehead atoms. The molecule has 0 saturated carbocycles. The molecular formula is C22H24N4O2. The summed E-state index contributed by atoms with van der Waals surface area (Å²) >= 11 is 0. The Hall–Kier alpha value is -3.15. The number of likely N-dealkylation sites (tertiary alicyclic amines) is 1. The highest BCUT2D eigenvalue weighted by atomic mass is 16.5. The van der Waals surface area contributed by atoms with Crippen molar-refractivity contribution in [2.45, 2.75) is 25.3 Å². The maximum absolute atomic E-state index is 12.7. The molecular weight excluding hydrogens is 352 g/mol. The molecule has 0 radical (unpaired) electrons. The quantitative estimate of drug-likeness (QED) is 0.662. The van der Waals surface area contributed by atoms with Gasteiger partial charge in [-0.15, -0.1) is 10.2 Å². The van der Waals surface area contributed by atoms with Gasteiger partial charge in [-0.05, 0) is 30.5 Å². The molecule has 1 aliphatic heterocycles. The van der Waals surface area contributed by atoms with Crippen LogP contribution in [-0.4, -0.2) is 45.8 Å². The Morgan fingerprint density at radius 3 is 2.68 bits per heavy atom. The van der Waals surface area contributed by atoms with Crippen molar-refractivity contribution in [1.29, 1.82) is 0 Å². The van der Waals surface area contributed by atoms with E-state index in [4.69, 9.17) is 4.74 Å². The van der Waals surface area contributed by atoms with Crippen molar-refractivity contribution >= 4 is 5.91 Å². The van der Waals surface area contributed by atoms with Crippen molar-refractivity contribution in [3.8, 4) is 17.1 Å². The number of benzene rings is 2. The van der Waals surface area contributed by atoms with E-state index in [2.05, 4.69) is 14.8 Å². The first-order chi connectivity index (χ1) is 13.7. The highest BCUT2D eigenvalue weighted by Gasteiger charge is 2.28. The van der Waals surface area contributed by atoms with Crippen LogP contribution in [0.15, 0.2) is 60.9 Å². The smallest absolute Gasteiger partial charge is 0.222 e. The zero-order valence-electron chi connectivity index (χ0n) is 16.0. The van der Waals surface area contributed by atoms with Gasteiger partial charge in [0, 0.05) is 25.1 Å². The lowest BCUT2D eigenvalue weighted by Crippen LogP contribution is -2.29. The zero-order chi connectivity index (χ0) is 19.3. The third kappa shape index (κ3) is 3.91. The summed E-state index contributed by atoms with van der Waals surface area (Å²) in [6, 6.07) is 18.2. The Labute approximate surface area is 164 Å². The summed E-state index contributed by atoms with van der Waals surface area (Å²) in [6.45, 7) is 1.48. The first-order valence-electron chi connectivity index (χ1n) is 9.60. The molecule has 6 heteroatoms. The fourth-order valence-electron chi connectivity index (χ4n) is 3.70. The Balaban J connectivity index is 1.36. The van der Waals surface area contributed by atoms with Crippen LogP contribution in [0.25, 0.3) is 11.4 Å². The van der Waals surface area contributed by atoms with Crippen LogP contribution in [0.2, 0.25) is 0 Å². The second-order valence-electron chi connectivity index (χ2n) is 7.06. The van der Waals surface area contributed by atoms with E-state index in [1.165, 1.54) is 0 Å². The summed E-state index contributed by atoms with van der Waals surface area (Å²) in [5.41, 5.74) is 2.19. The van der Waals surface area contributed by atoms with E-state index in [-0.39, 0.29) is 11.9 Å². The van der Waals surface area contributed by atoms with Crippen molar-refractivity contribution in [3.05, 3.63) is 66.5 Å². The topological polar surface area (TPSA) is 60.2 Å². The lowest BCUT2D eigenvalue weighted by atomic mass is 10.1. The van der Waals surface area contributed by atoms with Crippen LogP contribution < -0.4 is 4.74 Å². The summed E-state index contributed by atoms with van der Waals surface area (Å²) in [6.07, 6.45) is 3.96. The first kappa shape index (κ1) is 18.2. The average molecular weight is 376 g/mol. The van der Waals surface area contributed by atoms with Gasteiger partial charge in [0.05, 0.1) is 13.2 Å². The van der Waals surface area contributed by atoms with Crippen LogP contribution in [-0.2, 0) is 11.2 Å². The van der Waals surface area contributed by atoms with E-state index >= 15 is 0 Å². The summed E-state index contributed by atoms with van der Waals surface area (Å²) in [7, 11) is 1.65. The van der Waals surface area contributed by atoms with Gasteiger partial charge in [-0.25, -0.2) is 0 Å². The molecule has 1 aliphatic rings. The number of carbonyl (C=O) groups is 1. The summed E-state index contributed by atoms with van der Waals surface area (Å²) in [5, 5.41) is 8.39. The number of ether oxygens (including phenoxy) is 1. The van der Waals surface area contributed by atoms with Crippen molar-refractivity contribution in [2.75, 3.05) is 20.2 Å². The van der Waals surface area contributed by atoms with Gasteiger partial charge in [-0.1, -0.05) is 42.5 Å². The van der Waals surface area contributed by atoms with Crippen molar-refractivity contribution in [2.24, 2.45) is 0 Å². The van der Waals surface area contributed by atoms with E-state index in [0.29, 0.717) is 13.0 Å². The van der Waals surface area contributed by atoms with E-state index in [9.17, 15) is 4.79 Å². The molecule has 1 aromatic heterocycles. The van der Waals surface area contributed by atoms with Gasteiger partial charge < -0.3 is 14.2 Å². The maximum atomic E-state index is 12.7. The van der Waals surface area contributed by atoms with Crippen molar-refractivity contribution in [1.82, 2.24) is 19.7 Å². The lowest BCUT2D eigenvalue weighted by Gasteiger charge is -2.18. The number of hydrogen-bond acceptors (Lipinski definition) is 4. The minimum atomic E-state index is 0.202. The zero-order valence-corrected chi connectivity index (χ0v) is 16.0. The molecule has 4 rings (SSSR count). The monoisotopic (exact) mass is 376 g/mol. The number of hydrogen-bond donors (Lipinski definition) is 0. The van der Waals surface area contributed by atoms with Crippen LogP contribution in [0.4, 0.5) is 0 Å². The Morgan fingerprint density at radius 1 is 1.14 bits per heavy atom. The molecule has 2 heterocycles. The summed E-state index contributed by atoms with van der Waals surface area (Å²) < 4.78 is 7.28. The summed E-state index contributed by atoms with van der Waals surface area (Å²) in [4.78, 5) is 14.6. The lowest BCUT2D eigenvalue weighted by molar-refractivity contribution is -0.130. The van der Waals surface area contributed by atoms with Gasteiger partial charge in [-0.2, -0.15) is 0 Å². The molecule has 1 unspecified atom stereocenters. The normalized spacial score (nSPS) is 16.3. The standard InChI is InChI=1S/C22H24N4O2/c1-28-20-10-7-17(8-11-20)9-12-21(27)25-14-13-19(15-25)26-16-23-24-22(26)18-5-3-2-4-6-18/h2-8,10-11,16,19H,9,12-15H2,1H3. The number of aromatic nitrogens is 3. The number of amides is 1. The third-order valence-corrected chi connectivity index (χ3v) is 5.30. The van der Waals surface area contributed by atoms with Gasteiger partial charge in [0.1, 0.15) is 12.1 Å². The predicted octanol–water partition coefficient (Wildman–Crippen LogP) is 3.36. The van der Waals surface area contributed by atoms with E-state index in [1.54, 1.807) is 13.4 Å². The largest absolute Gasteiger partial charge is 0.497 e. The Morgan fingerprint density at radius 2 is 1.93 bits per heavy atom. The Kier molecular flexibility index (Phi) is 5.37. The van der Waals surface area contributed by atoms with Crippen molar-refractivity contribution in [3.63, 3.8) is 0 Å². The fourth-order valence-corrected chi connectivity index (χ4v) is 3.70. The van der Waals surface area contributed by atoms with Gasteiger partial charge >= 0.3 is 0 Å². The van der Waals surface area contributed by atoms with E-state index in [0.717, 1.165) is 42.1 Å². The minimum Gasteiger partial charge on any atom is -0.497 e. The number of aryl methyl sites for hydroxylation is 1. The van der Waals surface area contributed by atoms with Crippen LogP contribution >= 0.6 is 0 Å². The summed E-state index contributed by atoms with van der Waals surface area (Å²) in [5.74, 6) is 1.89. The van der Waals surface area contributed by atoms with Crippen LogP contribution in [0.5, 0.6) is 5.75 Å². The molecule has 0 aliphatic carbocycles. The molecule has 1 saturated heterocycles. The highest BCUT2D eigenvalue weighted by molar-refractivity contribution is 5.76. The average Bonchev–Trinajstić information content (AvgIpc) is 3.42. The van der Waals surface area contributed by atoms with Crippen LogP contribution in [0.3, 0.4) is 0 Å². The second-order valence-corrected chi connectivity index (χ2v) is 7.06. The van der Waals surface area contributed by atoms with Gasteiger partial charge in [0.15, 0.2) is 5.82 Å². The molecule has 144 valence electrons. The molecule has 1 fully saturated rings. The SMILES string of the molecule is COc1ccc(CCC(=O)N2CCC(n3cnnc3-c3ccccc3)C2)cc1. The molecule has 1 amide bonds. The molecule has 2 aromatic carbocycles. The van der Waals surface area contributed by atoms with E-state index in [1.807, 2.05) is 59.5 Å². The molecule has 0 spiro atoms. The third-order valence-electron chi connectivity index (χ3n) is 5.30. The molecule has 3 aromatic rings. The highest BCUT2D eigenvalue weighted by Crippen LogP contribution is 2.27. The second kappa shape index (κ2) is 8.25. The predicted molar refractivity (Wildman–Crippen MR) is 107 cm³/mol. The molecule has 1 atom stereocenters. The van der Waals surface area contributed by atoms with Gasteiger partial charge in [0.25, 0.3) is 0 Å². The van der Waals surface area contributed by atoms with Crippen LogP contribution in [0.1, 0.15) is 24.4 Å². The number of nitrogens with zero attached hydrogens (tertiary/aromatic N) is 4. The molecule has 6 nitrogen and oxygen atoms in total. The van der Waals surface area contributed by atoms with Crippen molar-refractivity contribution < 1.29 is 9.53 Å². The fraction of sp³-hybridized carbons (Fsp3) is 0.318. The maximum Gasteiger partial charge on any atom is 0.222 e. The van der Waals surface area contributed by atoms with Crippen LogP contribution in [0, 0.1) is 0 Å². The molecule has 28 heavy (non-hydrogen) atoms.